The number of nitrogens with zero attached hydrogens (tertiary/aromatic N) is 4. The van der Waals surface area contributed by atoms with E-state index in [2.05, 4.69) is 15.1 Å². The minimum absolute atomic E-state index is 0.501. The van der Waals surface area contributed by atoms with Gasteiger partial charge in [0.15, 0.2) is 0 Å². The molecule has 120 valence electrons. The van der Waals surface area contributed by atoms with Gasteiger partial charge < -0.3 is 0 Å². The van der Waals surface area contributed by atoms with Crippen molar-refractivity contribution in [3.05, 3.63) is 47.9 Å². The molecule has 3 aromatic rings. The van der Waals surface area contributed by atoms with Crippen molar-refractivity contribution in [3.63, 3.8) is 0 Å². The summed E-state index contributed by atoms with van der Waals surface area (Å²) >= 11 is 6.07. The van der Waals surface area contributed by atoms with Gasteiger partial charge in [0.2, 0.25) is 0 Å². The Bertz CT molecular complexity index is 635. The van der Waals surface area contributed by atoms with Crippen LogP contribution in [-0.4, -0.2) is 19.6 Å². The molecule has 0 unspecified atom stereocenters. The number of halogens is 1. The van der Waals surface area contributed by atoms with E-state index in [1.54, 1.807) is 6.07 Å². The molecule has 1 aromatic carbocycles. The van der Waals surface area contributed by atoms with Crippen LogP contribution < -0.4 is 0 Å². The van der Waals surface area contributed by atoms with Crippen LogP contribution in [-0.2, 0) is 0 Å². The lowest BCUT2D eigenvalue weighted by molar-refractivity contribution is 0.941. The summed E-state index contributed by atoms with van der Waals surface area (Å²) in [5.41, 5.74) is 1.81. The van der Waals surface area contributed by atoms with Gasteiger partial charge in [0.1, 0.15) is 11.5 Å². The summed E-state index contributed by atoms with van der Waals surface area (Å²) in [6, 6.07) is 11.6. The molecule has 4 nitrogen and oxygen atoms in total. The number of aromatic nitrogens is 4. The van der Waals surface area contributed by atoms with Gasteiger partial charge in [-0.2, -0.15) is 14.6 Å². The molecule has 0 fully saturated rings. The average Bonchev–Trinajstić information content (AvgIpc) is 3.10. The first-order chi connectivity index (χ1) is 10.8. The molecule has 0 spiro atoms. The largest absolute Gasteiger partial charge is 0.254 e. The summed E-state index contributed by atoms with van der Waals surface area (Å²) in [4.78, 5) is 8.39. The SMILES string of the molecule is CC.CC.CC.Clc1cc(-c2ccccc2)nc2ncnn12. The van der Waals surface area contributed by atoms with Gasteiger partial charge in [-0.25, -0.2) is 4.98 Å². The molecule has 0 N–H and O–H groups in total. The highest BCUT2D eigenvalue weighted by Crippen LogP contribution is 2.20. The van der Waals surface area contributed by atoms with Crippen molar-refractivity contribution in [1.29, 1.82) is 0 Å². The third-order valence-electron chi connectivity index (χ3n) is 2.28. The number of rotatable bonds is 1. The molecule has 0 saturated carbocycles. The maximum atomic E-state index is 6.07. The number of hydrogen-bond acceptors (Lipinski definition) is 3. The Labute approximate surface area is 138 Å². The third kappa shape index (κ3) is 5.11. The van der Waals surface area contributed by atoms with E-state index in [0.29, 0.717) is 10.9 Å². The molecule has 2 aromatic heterocycles. The van der Waals surface area contributed by atoms with Gasteiger partial charge in [-0.3, -0.25) is 0 Å². The predicted molar refractivity (Wildman–Crippen MR) is 95.3 cm³/mol. The van der Waals surface area contributed by atoms with Crippen LogP contribution in [0.15, 0.2) is 42.7 Å². The topological polar surface area (TPSA) is 43.1 Å². The Morgan fingerprint density at radius 3 is 2.09 bits per heavy atom. The van der Waals surface area contributed by atoms with Gasteiger partial charge >= 0.3 is 0 Å². The fourth-order valence-electron chi connectivity index (χ4n) is 1.53. The molecular weight excluding hydrogens is 296 g/mol. The highest BCUT2D eigenvalue weighted by molar-refractivity contribution is 6.29. The maximum Gasteiger partial charge on any atom is 0.254 e. The fourth-order valence-corrected chi connectivity index (χ4v) is 1.76. The van der Waals surface area contributed by atoms with Gasteiger partial charge in [-0.1, -0.05) is 83.5 Å². The molecule has 0 aliphatic carbocycles. The van der Waals surface area contributed by atoms with E-state index in [1.807, 2.05) is 71.9 Å². The van der Waals surface area contributed by atoms with Crippen LogP contribution in [0.4, 0.5) is 0 Å². The second kappa shape index (κ2) is 11.7. The molecule has 0 aliphatic heterocycles. The highest BCUT2D eigenvalue weighted by Gasteiger charge is 2.06. The maximum absolute atomic E-state index is 6.07. The van der Waals surface area contributed by atoms with Crippen LogP contribution in [0.2, 0.25) is 5.15 Å². The van der Waals surface area contributed by atoms with Crippen LogP contribution in [0.3, 0.4) is 0 Å². The minimum Gasteiger partial charge on any atom is -0.211 e. The van der Waals surface area contributed by atoms with Crippen molar-refractivity contribution >= 4 is 17.4 Å². The number of fused-ring (bicyclic) bond motifs is 1. The molecule has 0 atom stereocenters. The Kier molecular flexibility index (Phi) is 10.7. The zero-order valence-electron chi connectivity index (χ0n) is 14.2. The molecule has 2 heterocycles. The van der Waals surface area contributed by atoms with E-state index in [0.717, 1.165) is 11.3 Å². The monoisotopic (exact) mass is 320 g/mol. The normalized spacial score (nSPS) is 8.68. The zero-order chi connectivity index (χ0) is 17.0. The van der Waals surface area contributed by atoms with E-state index in [-0.39, 0.29) is 0 Å². The van der Waals surface area contributed by atoms with E-state index in [9.17, 15) is 0 Å². The molecule has 22 heavy (non-hydrogen) atoms. The van der Waals surface area contributed by atoms with Crippen molar-refractivity contribution < 1.29 is 0 Å². The zero-order valence-corrected chi connectivity index (χ0v) is 15.0. The van der Waals surface area contributed by atoms with Crippen molar-refractivity contribution in [1.82, 2.24) is 19.6 Å². The highest BCUT2D eigenvalue weighted by atomic mass is 35.5. The molecule has 0 bridgehead atoms. The summed E-state index contributed by atoms with van der Waals surface area (Å²) in [6.07, 6.45) is 1.43. The van der Waals surface area contributed by atoms with Gasteiger partial charge in [0, 0.05) is 11.6 Å². The summed E-state index contributed by atoms with van der Waals surface area (Å²) in [5.74, 6) is 0.506. The lowest BCUT2D eigenvalue weighted by Crippen LogP contribution is -1.94. The van der Waals surface area contributed by atoms with Crippen LogP contribution in [0, 0.1) is 0 Å². The summed E-state index contributed by atoms with van der Waals surface area (Å²) in [7, 11) is 0. The van der Waals surface area contributed by atoms with Gasteiger partial charge in [0.25, 0.3) is 5.78 Å². The number of benzene rings is 1. The third-order valence-corrected chi connectivity index (χ3v) is 2.55. The molecule has 0 radical (unpaired) electrons. The van der Waals surface area contributed by atoms with Crippen LogP contribution >= 0.6 is 11.6 Å². The van der Waals surface area contributed by atoms with Crippen molar-refractivity contribution in [3.8, 4) is 11.3 Å². The minimum atomic E-state index is 0.501. The van der Waals surface area contributed by atoms with Crippen molar-refractivity contribution in [2.75, 3.05) is 0 Å². The van der Waals surface area contributed by atoms with Gasteiger partial charge in [0.05, 0.1) is 5.69 Å². The summed E-state index contributed by atoms with van der Waals surface area (Å²) in [5, 5.41) is 4.47. The summed E-state index contributed by atoms with van der Waals surface area (Å²) < 4.78 is 1.49. The lowest BCUT2D eigenvalue weighted by Gasteiger charge is -2.02. The summed E-state index contributed by atoms with van der Waals surface area (Å²) in [6.45, 7) is 12.0. The van der Waals surface area contributed by atoms with Crippen LogP contribution in [0.5, 0.6) is 0 Å². The first kappa shape index (κ1) is 20.1. The smallest absolute Gasteiger partial charge is 0.211 e. The van der Waals surface area contributed by atoms with Crippen molar-refractivity contribution in [2.45, 2.75) is 41.5 Å². The quantitative estimate of drug-likeness (QED) is 0.554. The Hall–Kier alpha value is -1.94. The Balaban J connectivity index is 0.000000661. The van der Waals surface area contributed by atoms with Gasteiger partial charge in [-0.05, 0) is 0 Å². The van der Waals surface area contributed by atoms with Crippen LogP contribution in [0.1, 0.15) is 41.5 Å². The second-order valence-electron chi connectivity index (χ2n) is 3.30. The fraction of sp³-hybridized carbons (Fsp3) is 0.353. The second-order valence-corrected chi connectivity index (χ2v) is 3.69. The van der Waals surface area contributed by atoms with E-state index >= 15 is 0 Å². The van der Waals surface area contributed by atoms with Crippen LogP contribution in [0.25, 0.3) is 17.0 Å². The lowest BCUT2D eigenvalue weighted by atomic mass is 10.1. The first-order valence-corrected chi connectivity index (χ1v) is 8.14. The molecule has 0 saturated heterocycles. The molecule has 5 heteroatoms. The van der Waals surface area contributed by atoms with Crippen molar-refractivity contribution in [2.24, 2.45) is 0 Å². The molecular formula is C17H25ClN4. The van der Waals surface area contributed by atoms with E-state index in [1.165, 1.54) is 10.8 Å². The van der Waals surface area contributed by atoms with E-state index in [4.69, 9.17) is 11.6 Å². The van der Waals surface area contributed by atoms with Gasteiger partial charge in [-0.15, -0.1) is 0 Å². The predicted octanol–water partition coefficient (Wildman–Crippen LogP) is 5.52. The Morgan fingerprint density at radius 2 is 1.50 bits per heavy atom. The molecule has 3 rings (SSSR count). The standard InChI is InChI=1S/C11H7ClN4.3C2H6/c12-10-6-9(8-4-2-1-3-5-8)15-11-13-7-14-16(10)11;3*1-2/h1-7H;3*1-2H3. The van der Waals surface area contributed by atoms with E-state index < -0.39 is 0 Å². The molecule has 0 amide bonds. The number of hydrogen-bond donors (Lipinski definition) is 0. The first-order valence-electron chi connectivity index (χ1n) is 7.76. The average molecular weight is 321 g/mol. The Morgan fingerprint density at radius 1 is 0.909 bits per heavy atom. The molecule has 0 aliphatic rings.